The minimum atomic E-state index is 0.659. The van der Waals surface area contributed by atoms with Gasteiger partial charge in [0.15, 0.2) is 0 Å². The molecule has 0 spiro atoms. The summed E-state index contributed by atoms with van der Waals surface area (Å²) in [6.07, 6.45) is 1.28. The topological polar surface area (TPSA) is 24.9 Å². The Bertz CT molecular complexity index is 325. The van der Waals surface area contributed by atoms with Crippen molar-refractivity contribution in [3.8, 4) is 0 Å². The number of rotatable bonds is 2. The summed E-state index contributed by atoms with van der Waals surface area (Å²) in [6, 6.07) is 4.82. The third-order valence-electron chi connectivity index (χ3n) is 2.46. The Morgan fingerprint density at radius 2 is 2.23 bits per heavy atom. The van der Waals surface area contributed by atoms with E-state index in [1.807, 2.05) is 6.92 Å². The van der Waals surface area contributed by atoms with Crippen LogP contribution in [0.3, 0.4) is 0 Å². The molecular weight excluding hydrogens is 275 g/mol. The van der Waals surface area contributed by atoms with Crippen LogP contribution in [0.5, 0.6) is 0 Å². The number of nitrogens with one attached hydrogen (secondary N) is 1. The van der Waals surface area contributed by atoms with Crippen LogP contribution < -0.4 is 5.32 Å². The van der Waals surface area contributed by atoms with Crippen LogP contribution >= 0.6 is 22.6 Å². The fraction of sp³-hybridized carbons (Fsp3) is 0.500. The minimum Gasteiger partial charge on any atom is -0.367 e. The summed E-state index contributed by atoms with van der Waals surface area (Å²) in [4.78, 5) is 4.47. The molecule has 1 heterocycles. The van der Waals surface area contributed by atoms with E-state index in [0.29, 0.717) is 6.04 Å². The highest BCUT2D eigenvalue weighted by Crippen LogP contribution is 2.32. The molecule has 0 saturated heterocycles. The second-order valence-corrected chi connectivity index (χ2v) is 4.89. The Morgan fingerprint density at radius 1 is 1.54 bits per heavy atom. The van der Waals surface area contributed by atoms with Gasteiger partial charge in [-0.2, -0.15) is 0 Å². The largest absolute Gasteiger partial charge is 0.367 e. The molecule has 0 unspecified atom stereocenters. The van der Waals surface area contributed by atoms with Crippen LogP contribution in [-0.2, 0) is 0 Å². The summed E-state index contributed by atoms with van der Waals surface area (Å²) in [7, 11) is 0. The van der Waals surface area contributed by atoms with Crippen molar-refractivity contribution in [3.05, 3.63) is 21.4 Å². The number of hydrogen-bond acceptors (Lipinski definition) is 2. The maximum absolute atomic E-state index is 4.47. The van der Waals surface area contributed by atoms with Crippen molar-refractivity contribution in [1.82, 2.24) is 4.98 Å². The molecular formula is C10H13IN2. The average molecular weight is 288 g/mol. The molecule has 2 atom stereocenters. The smallest absolute Gasteiger partial charge is 0.126 e. The van der Waals surface area contributed by atoms with Crippen LogP contribution in [0.15, 0.2) is 12.1 Å². The van der Waals surface area contributed by atoms with Crippen LogP contribution in [0.25, 0.3) is 0 Å². The van der Waals surface area contributed by atoms with E-state index in [1.165, 1.54) is 9.99 Å². The Balaban J connectivity index is 2.08. The van der Waals surface area contributed by atoms with Crippen LogP contribution in [0.1, 0.15) is 19.0 Å². The molecule has 3 heteroatoms. The molecule has 0 aliphatic heterocycles. The summed E-state index contributed by atoms with van der Waals surface area (Å²) >= 11 is 2.30. The second kappa shape index (κ2) is 3.44. The van der Waals surface area contributed by atoms with Crippen LogP contribution in [0, 0.1) is 16.4 Å². The standard InChI is InChI=1S/C10H13IN2/c1-6-5-9(6)13-10-4-3-8(11)7(2)12-10/h3-4,6,9H,5H2,1-2H3,(H,12,13)/t6-,9-/m1/s1. The van der Waals surface area contributed by atoms with Gasteiger partial charge in [-0.25, -0.2) is 4.98 Å². The molecule has 1 aliphatic rings. The van der Waals surface area contributed by atoms with E-state index in [9.17, 15) is 0 Å². The lowest BCUT2D eigenvalue weighted by atomic mass is 10.3. The van der Waals surface area contributed by atoms with E-state index < -0.39 is 0 Å². The van der Waals surface area contributed by atoms with Gasteiger partial charge < -0.3 is 5.32 Å². The van der Waals surface area contributed by atoms with E-state index in [1.54, 1.807) is 0 Å². The van der Waals surface area contributed by atoms with E-state index in [0.717, 1.165) is 17.4 Å². The highest BCUT2D eigenvalue weighted by atomic mass is 127. The van der Waals surface area contributed by atoms with Crippen LogP contribution in [0.4, 0.5) is 5.82 Å². The predicted molar refractivity (Wildman–Crippen MR) is 62.9 cm³/mol. The lowest BCUT2D eigenvalue weighted by Gasteiger charge is -2.05. The zero-order valence-corrected chi connectivity index (χ0v) is 10.00. The number of aromatic nitrogens is 1. The zero-order valence-electron chi connectivity index (χ0n) is 7.84. The predicted octanol–water partition coefficient (Wildman–Crippen LogP) is 2.81. The normalized spacial score (nSPS) is 25.8. The van der Waals surface area contributed by atoms with E-state index in [2.05, 4.69) is 51.9 Å². The summed E-state index contributed by atoms with van der Waals surface area (Å²) in [5.41, 5.74) is 1.11. The van der Waals surface area contributed by atoms with Gasteiger partial charge in [-0.3, -0.25) is 0 Å². The molecule has 2 rings (SSSR count). The number of hydrogen-bond donors (Lipinski definition) is 1. The van der Waals surface area contributed by atoms with Crippen molar-refractivity contribution in [3.63, 3.8) is 0 Å². The van der Waals surface area contributed by atoms with Crippen molar-refractivity contribution >= 4 is 28.4 Å². The van der Waals surface area contributed by atoms with E-state index >= 15 is 0 Å². The van der Waals surface area contributed by atoms with E-state index in [-0.39, 0.29) is 0 Å². The zero-order chi connectivity index (χ0) is 9.42. The highest BCUT2D eigenvalue weighted by molar-refractivity contribution is 14.1. The maximum atomic E-state index is 4.47. The third kappa shape index (κ3) is 2.13. The molecule has 13 heavy (non-hydrogen) atoms. The first-order valence-corrected chi connectivity index (χ1v) is 5.64. The molecule has 0 radical (unpaired) electrons. The molecule has 0 aromatic carbocycles. The summed E-state index contributed by atoms with van der Waals surface area (Å²) in [5.74, 6) is 1.84. The van der Waals surface area contributed by atoms with E-state index in [4.69, 9.17) is 0 Å². The molecule has 0 bridgehead atoms. The van der Waals surface area contributed by atoms with Crippen molar-refractivity contribution in [1.29, 1.82) is 0 Å². The average Bonchev–Trinajstić information content (AvgIpc) is 2.75. The number of aryl methyl sites for hydroxylation is 1. The molecule has 1 aromatic heterocycles. The minimum absolute atomic E-state index is 0.659. The Labute approximate surface area is 92.3 Å². The summed E-state index contributed by atoms with van der Waals surface area (Å²) in [6.45, 7) is 4.31. The Hall–Kier alpha value is -0.320. The number of nitrogens with zero attached hydrogens (tertiary/aromatic N) is 1. The maximum Gasteiger partial charge on any atom is 0.126 e. The molecule has 70 valence electrons. The number of halogens is 1. The molecule has 0 amide bonds. The lowest BCUT2D eigenvalue weighted by Crippen LogP contribution is -2.05. The quantitative estimate of drug-likeness (QED) is 0.846. The first-order valence-electron chi connectivity index (χ1n) is 4.56. The Kier molecular flexibility index (Phi) is 2.45. The van der Waals surface area contributed by atoms with Crippen LogP contribution in [0.2, 0.25) is 0 Å². The van der Waals surface area contributed by atoms with Crippen molar-refractivity contribution in [2.45, 2.75) is 26.3 Å². The van der Waals surface area contributed by atoms with Crippen molar-refractivity contribution in [2.24, 2.45) is 5.92 Å². The fourth-order valence-corrected chi connectivity index (χ4v) is 1.64. The van der Waals surface area contributed by atoms with Gasteiger partial charge in [0.25, 0.3) is 0 Å². The third-order valence-corrected chi connectivity index (χ3v) is 3.60. The van der Waals surface area contributed by atoms with Gasteiger partial charge in [0.1, 0.15) is 5.82 Å². The monoisotopic (exact) mass is 288 g/mol. The SMILES string of the molecule is Cc1nc(N[C@@H]2C[C@H]2C)ccc1I. The van der Waals surface area contributed by atoms with Gasteiger partial charge in [0.05, 0.1) is 5.69 Å². The molecule has 2 nitrogen and oxygen atoms in total. The lowest BCUT2D eigenvalue weighted by molar-refractivity contribution is 0.921. The molecule has 1 saturated carbocycles. The molecule has 1 N–H and O–H groups in total. The fourth-order valence-electron chi connectivity index (χ4n) is 1.34. The summed E-state index contributed by atoms with van der Waals surface area (Å²) in [5, 5.41) is 3.42. The van der Waals surface area contributed by atoms with Gasteiger partial charge in [0, 0.05) is 9.61 Å². The second-order valence-electron chi connectivity index (χ2n) is 3.73. The van der Waals surface area contributed by atoms with Gasteiger partial charge in [-0.05, 0) is 54.0 Å². The summed E-state index contributed by atoms with van der Waals surface area (Å²) < 4.78 is 1.23. The van der Waals surface area contributed by atoms with Gasteiger partial charge in [-0.1, -0.05) is 6.92 Å². The van der Waals surface area contributed by atoms with Gasteiger partial charge in [-0.15, -0.1) is 0 Å². The van der Waals surface area contributed by atoms with Gasteiger partial charge >= 0.3 is 0 Å². The molecule has 1 fully saturated rings. The Morgan fingerprint density at radius 3 is 2.77 bits per heavy atom. The molecule has 1 aliphatic carbocycles. The first-order chi connectivity index (χ1) is 6.16. The van der Waals surface area contributed by atoms with Gasteiger partial charge in [0.2, 0.25) is 0 Å². The number of anilines is 1. The van der Waals surface area contributed by atoms with Crippen molar-refractivity contribution < 1.29 is 0 Å². The highest BCUT2D eigenvalue weighted by Gasteiger charge is 2.32. The molecule has 1 aromatic rings. The van der Waals surface area contributed by atoms with Crippen LogP contribution in [-0.4, -0.2) is 11.0 Å². The number of pyridine rings is 1. The van der Waals surface area contributed by atoms with Crippen molar-refractivity contribution in [2.75, 3.05) is 5.32 Å². The first kappa shape index (κ1) is 9.24.